The summed E-state index contributed by atoms with van der Waals surface area (Å²) in [7, 11) is 0. The van der Waals surface area contributed by atoms with Crippen LogP contribution >= 0.6 is 22.9 Å². The molecule has 2 aromatic heterocycles. The van der Waals surface area contributed by atoms with Crippen LogP contribution < -0.4 is 0 Å². The van der Waals surface area contributed by atoms with E-state index in [2.05, 4.69) is 10.3 Å². The average Bonchev–Trinajstić information content (AvgIpc) is 3.03. The lowest BCUT2D eigenvalue weighted by atomic mass is 10.2. The minimum Gasteiger partial charge on any atom is -0.478 e. The van der Waals surface area contributed by atoms with Gasteiger partial charge < -0.3 is 5.11 Å². The quantitative estimate of drug-likeness (QED) is 0.804. The Morgan fingerprint density at radius 2 is 2.20 bits per heavy atom. The average molecular weight is 308 g/mol. The van der Waals surface area contributed by atoms with E-state index >= 15 is 0 Å². The van der Waals surface area contributed by atoms with Gasteiger partial charge in [-0.1, -0.05) is 22.9 Å². The van der Waals surface area contributed by atoms with Gasteiger partial charge in [0.05, 0.1) is 21.5 Å². The first-order valence-electron chi connectivity index (χ1n) is 5.90. The van der Waals surface area contributed by atoms with Gasteiger partial charge >= 0.3 is 5.97 Å². The summed E-state index contributed by atoms with van der Waals surface area (Å²) in [5.74, 6) is -1.01. The number of fused-ring (bicyclic) bond motifs is 1. The van der Waals surface area contributed by atoms with Gasteiger partial charge in [-0.05, 0) is 31.2 Å². The zero-order valence-electron chi connectivity index (χ0n) is 10.4. The fourth-order valence-electron chi connectivity index (χ4n) is 2.09. The van der Waals surface area contributed by atoms with Crippen molar-refractivity contribution in [2.24, 2.45) is 0 Å². The highest BCUT2D eigenvalue weighted by molar-refractivity contribution is 7.16. The van der Waals surface area contributed by atoms with E-state index in [1.54, 1.807) is 10.7 Å². The number of carboxylic acid groups (broad SMARTS) is 1. The van der Waals surface area contributed by atoms with Crippen molar-refractivity contribution >= 4 is 39.9 Å². The third kappa shape index (κ3) is 2.07. The van der Waals surface area contributed by atoms with Crippen LogP contribution in [0.2, 0.25) is 4.34 Å². The van der Waals surface area contributed by atoms with Gasteiger partial charge in [0.15, 0.2) is 0 Å². The summed E-state index contributed by atoms with van der Waals surface area (Å²) >= 11 is 7.42. The number of nitrogens with zero attached hydrogens (tertiary/aromatic N) is 3. The molecule has 0 fully saturated rings. The predicted molar refractivity (Wildman–Crippen MR) is 77.6 cm³/mol. The summed E-state index contributed by atoms with van der Waals surface area (Å²) in [6.45, 7) is 1.98. The van der Waals surface area contributed by atoms with Crippen molar-refractivity contribution in [3.8, 4) is 0 Å². The predicted octanol–water partition coefficient (Wildman–Crippen LogP) is 3.45. The molecule has 0 aliphatic rings. The van der Waals surface area contributed by atoms with Crippen LogP contribution in [0.1, 0.15) is 28.2 Å². The number of hydrogen-bond donors (Lipinski definition) is 1. The van der Waals surface area contributed by atoms with Crippen molar-refractivity contribution < 1.29 is 9.90 Å². The molecule has 0 amide bonds. The molecule has 0 bridgehead atoms. The summed E-state index contributed by atoms with van der Waals surface area (Å²) in [5, 5.41) is 17.2. The Labute approximate surface area is 123 Å². The number of aromatic nitrogens is 3. The maximum absolute atomic E-state index is 11.2. The Balaban J connectivity index is 2.13. The number of thiophene rings is 1. The van der Waals surface area contributed by atoms with Crippen LogP contribution in [-0.2, 0) is 0 Å². The Kier molecular flexibility index (Phi) is 3.19. The van der Waals surface area contributed by atoms with Gasteiger partial charge in [0.2, 0.25) is 0 Å². The molecule has 1 aromatic carbocycles. The van der Waals surface area contributed by atoms with Crippen LogP contribution in [0.15, 0.2) is 30.3 Å². The van der Waals surface area contributed by atoms with E-state index in [0.717, 1.165) is 4.88 Å². The molecular formula is C13H10ClN3O2S. The Bertz CT molecular complexity index is 796. The summed E-state index contributed by atoms with van der Waals surface area (Å²) in [6, 6.07) is 8.75. The first kappa shape index (κ1) is 13.1. The highest BCUT2D eigenvalue weighted by Gasteiger charge is 2.18. The third-order valence-electron chi connectivity index (χ3n) is 3.11. The number of carbonyl (C=O) groups is 1. The molecule has 3 aromatic rings. The minimum absolute atomic E-state index is 0.0541. The van der Waals surface area contributed by atoms with Gasteiger partial charge in [-0.2, -0.15) is 0 Å². The second-order valence-electron chi connectivity index (χ2n) is 4.33. The van der Waals surface area contributed by atoms with Crippen molar-refractivity contribution in [2.75, 3.05) is 0 Å². The SMILES string of the molecule is CC(c1ccc(Cl)s1)n1nnc2c(C(=O)O)cccc21. The lowest BCUT2D eigenvalue weighted by Gasteiger charge is -2.10. The van der Waals surface area contributed by atoms with Crippen LogP contribution in [0, 0.1) is 0 Å². The maximum Gasteiger partial charge on any atom is 0.338 e. The van der Waals surface area contributed by atoms with Gasteiger partial charge in [0.25, 0.3) is 0 Å². The van der Waals surface area contributed by atoms with E-state index in [0.29, 0.717) is 15.4 Å². The zero-order valence-corrected chi connectivity index (χ0v) is 12.0. The van der Waals surface area contributed by atoms with E-state index in [1.807, 2.05) is 25.1 Å². The molecule has 1 atom stereocenters. The van der Waals surface area contributed by atoms with E-state index in [9.17, 15) is 4.79 Å². The van der Waals surface area contributed by atoms with Gasteiger partial charge in [-0.3, -0.25) is 0 Å². The number of halogens is 1. The number of benzene rings is 1. The van der Waals surface area contributed by atoms with Crippen molar-refractivity contribution in [2.45, 2.75) is 13.0 Å². The molecule has 5 nitrogen and oxygen atoms in total. The molecule has 0 saturated heterocycles. The summed E-state index contributed by atoms with van der Waals surface area (Å²) in [5.41, 5.74) is 1.25. The molecule has 7 heteroatoms. The standard InChI is InChI=1S/C13H10ClN3O2S/c1-7(10-5-6-11(14)20-10)17-9-4-2-3-8(13(18)19)12(9)15-16-17/h2-7H,1H3,(H,18,19). The molecule has 0 radical (unpaired) electrons. The monoisotopic (exact) mass is 307 g/mol. The van der Waals surface area contributed by atoms with Gasteiger partial charge in [-0.25, -0.2) is 9.48 Å². The van der Waals surface area contributed by atoms with Gasteiger partial charge in [0, 0.05) is 4.88 Å². The zero-order chi connectivity index (χ0) is 14.3. The minimum atomic E-state index is -1.01. The van der Waals surface area contributed by atoms with Crippen molar-refractivity contribution in [3.63, 3.8) is 0 Å². The number of rotatable bonds is 3. The molecule has 0 aliphatic heterocycles. The third-order valence-corrected chi connectivity index (χ3v) is 4.51. The van der Waals surface area contributed by atoms with Crippen LogP contribution in [-0.4, -0.2) is 26.1 Å². The van der Waals surface area contributed by atoms with Gasteiger partial charge in [-0.15, -0.1) is 16.4 Å². The largest absolute Gasteiger partial charge is 0.478 e. The molecule has 1 N–H and O–H groups in total. The van der Waals surface area contributed by atoms with Crippen molar-refractivity contribution in [1.29, 1.82) is 0 Å². The second kappa shape index (κ2) is 4.88. The molecule has 0 spiro atoms. The maximum atomic E-state index is 11.2. The number of carboxylic acids is 1. The molecule has 102 valence electrons. The van der Waals surface area contributed by atoms with Crippen LogP contribution in [0.5, 0.6) is 0 Å². The molecule has 2 heterocycles. The topological polar surface area (TPSA) is 68.0 Å². The second-order valence-corrected chi connectivity index (χ2v) is 6.08. The van der Waals surface area contributed by atoms with Crippen LogP contribution in [0.3, 0.4) is 0 Å². The normalized spacial score (nSPS) is 12.7. The Morgan fingerprint density at radius 1 is 1.40 bits per heavy atom. The van der Waals surface area contributed by atoms with E-state index < -0.39 is 5.97 Å². The van der Waals surface area contributed by atoms with Gasteiger partial charge in [0.1, 0.15) is 5.52 Å². The first-order valence-corrected chi connectivity index (χ1v) is 7.10. The highest BCUT2D eigenvalue weighted by Crippen LogP contribution is 2.30. The molecule has 3 rings (SSSR count). The fourth-order valence-corrected chi connectivity index (χ4v) is 3.19. The molecule has 0 aliphatic carbocycles. The van der Waals surface area contributed by atoms with Crippen LogP contribution in [0.25, 0.3) is 11.0 Å². The van der Waals surface area contributed by atoms with E-state index in [1.165, 1.54) is 17.4 Å². The highest BCUT2D eigenvalue weighted by atomic mass is 35.5. The van der Waals surface area contributed by atoms with E-state index in [-0.39, 0.29) is 11.6 Å². The van der Waals surface area contributed by atoms with Crippen molar-refractivity contribution in [3.05, 3.63) is 45.1 Å². The first-order chi connectivity index (χ1) is 9.58. The van der Waals surface area contributed by atoms with Crippen LogP contribution in [0.4, 0.5) is 0 Å². The molecular weight excluding hydrogens is 298 g/mol. The van der Waals surface area contributed by atoms with Crippen molar-refractivity contribution in [1.82, 2.24) is 15.0 Å². The molecule has 20 heavy (non-hydrogen) atoms. The number of aromatic carboxylic acids is 1. The lowest BCUT2D eigenvalue weighted by Crippen LogP contribution is -2.07. The summed E-state index contributed by atoms with van der Waals surface area (Å²) in [4.78, 5) is 12.2. The fraction of sp³-hybridized carbons (Fsp3) is 0.154. The Hall–Kier alpha value is -1.92. The smallest absolute Gasteiger partial charge is 0.338 e. The summed E-state index contributed by atoms with van der Waals surface area (Å²) in [6.07, 6.45) is 0. The molecule has 0 saturated carbocycles. The molecule has 1 unspecified atom stereocenters. The van der Waals surface area contributed by atoms with E-state index in [4.69, 9.17) is 16.7 Å². The lowest BCUT2D eigenvalue weighted by molar-refractivity contribution is 0.0699. The Morgan fingerprint density at radius 3 is 2.85 bits per heavy atom. The summed E-state index contributed by atoms with van der Waals surface area (Å²) < 4.78 is 2.42. The number of hydrogen-bond acceptors (Lipinski definition) is 4.